The van der Waals surface area contributed by atoms with Gasteiger partial charge in [0, 0.05) is 19.6 Å². The van der Waals surface area contributed by atoms with E-state index in [2.05, 4.69) is 0 Å². The van der Waals surface area contributed by atoms with Gasteiger partial charge in [-0.25, -0.2) is 0 Å². The topological polar surface area (TPSA) is 87.2 Å². The van der Waals surface area contributed by atoms with Crippen molar-refractivity contribution in [1.82, 2.24) is 9.80 Å². The van der Waals surface area contributed by atoms with E-state index in [1.807, 2.05) is 13.0 Å². The first-order valence-corrected chi connectivity index (χ1v) is 9.57. The van der Waals surface area contributed by atoms with Gasteiger partial charge in [0.1, 0.15) is 11.8 Å². The molecule has 0 aliphatic carbocycles. The fraction of sp³-hybridized carbons (Fsp3) is 0.550. The fourth-order valence-electron chi connectivity index (χ4n) is 3.94. The maximum atomic E-state index is 13.1. The molecule has 0 bridgehead atoms. The molecular weight excluding hydrogens is 348 g/mol. The largest absolute Gasteiger partial charge is 0.493 e. The first-order chi connectivity index (χ1) is 13.0. The monoisotopic (exact) mass is 374 g/mol. The van der Waals surface area contributed by atoms with E-state index < -0.39 is 17.9 Å². The van der Waals surface area contributed by atoms with Crippen LogP contribution in [-0.2, 0) is 9.59 Å². The molecule has 2 aliphatic heterocycles. The molecule has 146 valence electrons. The van der Waals surface area contributed by atoms with Crippen LogP contribution in [0.4, 0.5) is 0 Å². The van der Waals surface area contributed by atoms with E-state index in [0.717, 1.165) is 6.42 Å². The van der Waals surface area contributed by atoms with Crippen molar-refractivity contribution in [3.05, 3.63) is 29.8 Å². The second-order valence-corrected chi connectivity index (χ2v) is 7.05. The zero-order valence-electron chi connectivity index (χ0n) is 15.6. The smallest absolute Gasteiger partial charge is 0.308 e. The number of hydrogen-bond acceptors (Lipinski definition) is 4. The quantitative estimate of drug-likeness (QED) is 0.852. The minimum Gasteiger partial charge on any atom is -0.493 e. The van der Waals surface area contributed by atoms with Crippen molar-refractivity contribution in [1.29, 1.82) is 0 Å². The molecule has 2 heterocycles. The number of nitrogens with zero attached hydrogens (tertiary/aromatic N) is 2. The van der Waals surface area contributed by atoms with Gasteiger partial charge in [-0.1, -0.05) is 12.1 Å². The number of para-hydroxylation sites is 1. The first kappa shape index (κ1) is 19.2. The molecule has 2 unspecified atom stereocenters. The van der Waals surface area contributed by atoms with E-state index >= 15 is 0 Å². The number of likely N-dealkylation sites (tertiary alicyclic amines) is 2. The highest BCUT2D eigenvalue weighted by Crippen LogP contribution is 2.27. The van der Waals surface area contributed by atoms with Gasteiger partial charge in [0.15, 0.2) is 0 Å². The van der Waals surface area contributed by atoms with Crippen LogP contribution in [0.2, 0.25) is 0 Å². The van der Waals surface area contributed by atoms with Crippen LogP contribution in [-0.4, -0.2) is 65.0 Å². The van der Waals surface area contributed by atoms with E-state index in [4.69, 9.17) is 4.74 Å². The Labute approximate surface area is 158 Å². The van der Waals surface area contributed by atoms with Gasteiger partial charge >= 0.3 is 5.97 Å². The molecule has 0 saturated carbocycles. The van der Waals surface area contributed by atoms with Crippen molar-refractivity contribution in [2.24, 2.45) is 5.92 Å². The lowest BCUT2D eigenvalue weighted by Gasteiger charge is -2.35. The Morgan fingerprint density at radius 2 is 1.89 bits per heavy atom. The van der Waals surface area contributed by atoms with E-state index in [9.17, 15) is 19.5 Å². The molecule has 2 fully saturated rings. The summed E-state index contributed by atoms with van der Waals surface area (Å²) in [5.74, 6) is -1.21. The predicted octanol–water partition coefficient (Wildman–Crippen LogP) is 2.01. The number of benzene rings is 1. The Kier molecular flexibility index (Phi) is 5.98. The van der Waals surface area contributed by atoms with Gasteiger partial charge in [-0.2, -0.15) is 0 Å². The van der Waals surface area contributed by atoms with Gasteiger partial charge in [-0.05, 0) is 44.7 Å². The number of carbonyl (C=O) groups is 3. The molecule has 2 atom stereocenters. The predicted molar refractivity (Wildman–Crippen MR) is 98.6 cm³/mol. The Balaban J connectivity index is 1.76. The third kappa shape index (κ3) is 4.07. The van der Waals surface area contributed by atoms with Crippen LogP contribution in [0.5, 0.6) is 5.75 Å². The van der Waals surface area contributed by atoms with Gasteiger partial charge in [-0.3, -0.25) is 14.4 Å². The molecule has 0 radical (unpaired) electrons. The van der Waals surface area contributed by atoms with Crippen LogP contribution in [0, 0.1) is 5.92 Å². The van der Waals surface area contributed by atoms with Crippen molar-refractivity contribution in [3.8, 4) is 5.75 Å². The van der Waals surface area contributed by atoms with Crippen LogP contribution in [0.25, 0.3) is 0 Å². The van der Waals surface area contributed by atoms with Crippen molar-refractivity contribution in [3.63, 3.8) is 0 Å². The minimum atomic E-state index is -0.863. The van der Waals surface area contributed by atoms with E-state index in [0.29, 0.717) is 50.3 Å². The zero-order chi connectivity index (χ0) is 19.4. The molecule has 27 heavy (non-hydrogen) atoms. The number of ether oxygens (including phenoxy) is 1. The van der Waals surface area contributed by atoms with Gasteiger partial charge in [0.05, 0.1) is 18.1 Å². The molecule has 2 amide bonds. The Morgan fingerprint density at radius 1 is 1.15 bits per heavy atom. The summed E-state index contributed by atoms with van der Waals surface area (Å²) in [4.78, 5) is 40.6. The number of carboxylic acid groups (broad SMARTS) is 1. The highest BCUT2D eigenvalue weighted by molar-refractivity contribution is 6.00. The Hall–Kier alpha value is -2.57. The lowest BCUT2D eigenvalue weighted by molar-refractivity contribution is -0.146. The number of piperidine rings is 1. The lowest BCUT2D eigenvalue weighted by Crippen LogP contribution is -2.51. The molecule has 2 aliphatic rings. The summed E-state index contributed by atoms with van der Waals surface area (Å²) in [6, 6.07) is 6.54. The number of rotatable bonds is 5. The molecule has 1 aromatic carbocycles. The number of carbonyl (C=O) groups excluding carboxylic acids is 2. The molecule has 7 heteroatoms. The molecule has 3 rings (SSSR count). The molecular formula is C20H26N2O5. The molecule has 0 spiro atoms. The Bertz CT molecular complexity index is 720. The normalized spacial score (nSPS) is 22.6. The fourth-order valence-corrected chi connectivity index (χ4v) is 3.94. The second-order valence-electron chi connectivity index (χ2n) is 7.05. The van der Waals surface area contributed by atoms with Crippen molar-refractivity contribution in [2.75, 3.05) is 26.2 Å². The van der Waals surface area contributed by atoms with Crippen molar-refractivity contribution >= 4 is 17.8 Å². The third-order valence-electron chi connectivity index (χ3n) is 5.30. The molecule has 1 aromatic rings. The van der Waals surface area contributed by atoms with E-state index in [-0.39, 0.29) is 18.4 Å². The average molecular weight is 374 g/mol. The highest BCUT2D eigenvalue weighted by Gasteiger charge is 2.39. The summed E-state index contributed by atoms with van der Waals surface area (Å²) in [7, 11) is 0. The Morgan fingerprint density at radius 3 is 2.63 bits per heavy atom. The number of amides is 2. The summed E-state index contributed by atoms with van der Waals surface area (Å²) in [5.41, 5.74) is 0.459. The summed E-state index contributed by atoms with van der Waals surface area (Å²) >= 11 is 0. The number of aliphatic carboxylic acids is 1. The van der Waals surface area contributed by atoms with Crippen LogP contribution >= 0.6 is 0 Å². The molecule has 1 N–H and O–H groups in total. The summed E-state index contributed by atoms with van der Waals surface area (Å²) < 4.78 is 5.56. The SMILES string of the molecule is CCOc1ccccc1C(=O)N1CCCC1C(=O)N1CCCC(C(=O)O)C1. The highest BCUT2D eigenvalue weighted by atomic mass is 16.5. The standard InChI is InChI=1S/C20H26N2O5/c1-2-27-17-10-4-3-8-15(17)18(23)22-12-6-9-16(22)19(24)21-11-5-7-14(13-21)20(25)26/h3-4,8,10,14,16H,2,5-7,9,11-13H2,1H3,(H,25,26). The molecule has 0 aromatic heterocycles. The zero-order valence-corrected chi connectivity index (χ0v) is 15.6. The number of carboxylic acids is 1. The molecule has 7 nitrogen and oxygen atoms in total. The third-order valence-corrected chi connectivity index (χ3v) is 5.30. The molecule has 2 saturated heterocycles. The van der Waals surface area contributed by atoms with Crippen LogP contribution < -0.4 is 4.74 Å². The van der Waals surface area contributed by atoms with Gasteiger partial charge in [-0.15, -0.1) is 0 Å². The van der Waals surface area contributed by atoms with Crippen LogP contribution in [0.15, 0.2) is 24.3 Å². The van der Waals surface area contributed by atoms with Crippen LogP contribution in [0.1, 0.15) is 43.0 Å². The average Bonchev–Trinajstić information content (AvgIpc) is 3.17. The number of hydrogen-bond donors (Lipinski definition) is 1. The lowest BCUT2D eigenvalue weighted by atomic mass is 9.97. The van der Waals surface area contributed by atoms with Crippen LogP contribution in [0.3, 0.4) is 0 Å². The second kappa shape index (κ2) is 8.41. The minimum absolute atomic E-state index is 0.138. The first-order valence-electron chi connectivity index (χ1n) is 9.57. The van der Waals surface area contributed by atoms with E-state index in [1.165, 1.54) is 0 Å². The van der Waals surface area contributed by atoms with Gasteiger partial charge in [0.2, 0.25) is 5.91 Å². The van der Waals surface area contributed by atoms with Crippen molar-refractivity contribution in [2.45, 2.75) is 38.6 Å². The van der Waals surface area contributed by atoms with Crippen molar-refractivity contribution < 1.29 is 24.2 Å². The summed E-state index contributed by atoms with van der Waals surface area (Å²) in [6.07, 6.45) is 2.63. The van der Waals surface area contributed by atoms with Gasteiger partial charge < -0.3 is 19.6 Å². The summed E-state index contributed by atoms with van der Waals surface area (Å²) in [5, 5.41) is 9.26. The maximum absolute atomic E-state index is 13.1. The maximum Gasteiger partial charge on any atom is 0.308 e. The summed E-state index contributed by atoms with van der Waals surface area (Å²) in [6.45, 7) is 3.61. The van der Waals surface area contributed by atoms with Gasteiger partial charge in [0.25, 0.3) is 5.91 Å². The van der Waals surface area contributed by atoms with E-state index in [1.54, 1.807) is 28.0 Å².